The van der Waals surface area contributed by atoms with Crippen molar-refractivity contribution in [3.05, 3.63) is 46.4 Å². The summed E-state index contributed by atoms with van der Waals surface area (Å²) in [5, 5.41) is 3.43. The van der Waals surface area contributed by atoms with E-state index < -0.39 is 0 Å². The van der Waals surface area contributed by atoms with E-state index in [0.29, 0.717) is 11.2 Å². The zero-order valence-electron chi connectivity index (χ0n) is 9.93. The number of thiazole rings is 1. The number of nitrogens with zero attached hydrogens (tertiary/aromatic N) is 2. The van der Waals surface area contributed by atoms with Crippen LogP contribution in [0.25, 0.3) is 0 Å². The van der Waals surface area contributed by atoms with E-state index in [9.17, 15) is 0 Å². The van der Waals surface area contributed by atoms with E-state index in [1.54, 1.807) is 11.3 Å². The number of anilines is 1. The topological polar surface area (TPSA) is 16.1 Å². The molecule has 4 heteroatoms. The largest absolute Gasteiger partial charge is 0.341 e. The molecule has 17 heavy (non-hydrogen) atoms. The van der Waals surface area contributed by atoms with Crippen molar-refractivity contribution >= 4 is 28.1 Å². The van der Waals surface area contributed by atoms with Gasteiger partial charge < -0.3 is 4.90 Å². The Bertz CT molecular complexity index is 467. The van der Waals surface area contributed by atoms with Crippen LogP contribution in [0.2, 0.25) is 5.15 Å². The van der Waals surface area contributed by atoms with Crippen LogP contribution in [0.1, 0.15) is 19.4 Å². The van der Waals surface area contributed by atoms with Gasteiger partial charge in [0.2, 0.25) is 0 Å². The first-order chi connectivity index (χ1) is 8.16. The van der Waals surface area contributed by atoms with Crippen molar-refractivity contribution < 1.29 is 0 Å². The average Bonchev–Trinajstić information content (AvgIpc) is 2.73. The van der Waals surface area contributed by atoms with Crippen molar-refractivity contribution in [3.8, 4) is 0 Å². The third-order valence-corrected chi connectivity index (χ3v) is 3.73. The first-order valence-corrected chi connectivity index (χ1v) is 6.84. The highest BCUT2D eigenvalue weighted by atomic mass is 35.5. The monoisotopic (exact) mass is 266 g/mol. The summed E-state index contributed by atoms with van der Waals surface area (Å²) in [5.41, 5.74) is 1.28. The molecule has 1 aromatic heterocycles. The van der Waals surface area contributed by atoms with E-state index in [1.165, 1.54) is 5.56 Å². The molecule has 0 N–H and O–H groups in total. The minimum Gasteiger partial charge on any atom is -0.341 e. The molecule has 0 atom stereocenters. The smallest absolute Gasteiger partial charge is 0.187 e. The Morgan fingerprint density at radius 1 is 1.29 bits per heavy atom. The van der Waals surface area contributed by atoms with Crippen LogP contribution in [0.15, 0.2) is 35.7 Å². The van der Waals surface area contributed by atoms with Gasteiger partial charge in [0, 0.05) is 18.0 Å². The fourth-order valence-electron chi connectivity index (χ4n) is 1.63. The molecular formula is C13H15ClN2S. The Balaban J connectivity index is 2.19. The predicted octanol–water partition coefficient (Wildman–Crippen LogP) is 4.21. The van der Waals surface area contributed by atoms with Gasteiger partial charge in [-0.2, -0.15) is 0 Å². The number of rotatable bonds is 4. The summed E-state index contributed by atoms with van der Waals surface area (Å²) in [5.74, 6) is 0. The van der Waals surface area contributed by atoms with Crippen molar-refractivity contribution in [2.75, 3.05) is 4.90 Å². The van der Waals surface area contributed by atoms with E-state index in [2.05, 4.69) is 48.0 Å². The summed E-state index contributed by atoms with van der Waals surface area (Å²) < 4.78 is 0. The maximum atomic E-state index is 5.88. The van der Waals surface area contributed by atoms with Gasteiger partial charge in [-0.25, -0.2) is 4.98 Å². The lowest BCUT2D eigenvalue weighted by Gasteiger charge is -2.26. The van der Waals surface area contributed by atoms with E-state index in [1.807, 2.05) is 11.4 Å². The minimum absolute atomic E-state index is 0.400. The molecule has 0 aliphatic rings. The van der Waals surface area contributed by atoms with Crippen LogP contribution >= 0.6 is 22.9 Å². The Labute approximate surface area is 111 Å². The molecule has 0 saturated carbocycles. The molecule has 0 saturated heterocycles. The molecule has 0 amide bonds. The molecule has 0 unspecified atom stereocenters. The fourth-order valence-corrected chi connectivity index (χ4v) is 2.71. The Hall–Kier alpha value is -1.06. The molecule has 0 bridgehead atoms. The molecule has 0 fully saturated rings. The molecule has 0 spiro atoms. The highest BCUT2D eigenvalue weighted by Gasteiger charge is 2.14. The highest BCUT2D eigenvalue weighted by molar-refractivity contribution is 7.14. The van der Waals surface area contributed by atoms with Crippen LogP contribution in [-0.4, -0.2) is 11.0 Å². The van der Waals surface area contributed by atoms with Gasteiger partial charge in [-0.15, -0.1) is 11.3 Å². The molecular weight excluding hydrogens is 252 g/mol. The summed E-state index contributed by atoms with van der Waals surface area (Å²) in [6.45, 7) is 5.19. The van der Waals surface area contributed by atoms with Crippen LogP contribution in [0, 0.1) is 0 Å². The molecule has 0 aliphatic heterocycles. The lowest BCUT2D eigenvalue weighted by Crippen LogP contribution is -2.29. The molecule has 90 valence electrons. The van der Waals surface area contributed by atoms with Gasteiger partial charge in [0.1, 0.15) is 5.15 Å². The first-order valence-electron chi connectivity index (χ1n) is 5.58. The minimum atomic E-state index is 0.400. The van der Waals surface area contributed by atoms with Gasteiger partial charge in [0.05, 0.1) is 0 Å². The molecule has 2 aromatic rings. The summed E-state index contributed by atoms with van der Waals surface area (Å²) in [6, 6.07) is 10.8. The van der Waals surface area contributed by atoms with Crippen LogP contribution in [-0.2, 0) is 6.54 Å². The van der Waals surface area contributed by atoms with E-state index in [0.717, 1.165) is 11.7 Å². The normalized spacial score (nSPS) is 10.8. The van der Waals surface area contributed by atoms with Gasteiger partial charge in [0.25, 0.3) is 0 Å². The first kappa shape index (κ1) is 12.4. The third kappa shape index (κ3) is 3.20. The Kier molecular flexibility index (Phi) is 4.02. The summed E-state index contributed by atoms with van der Waals surface area (Å²) in [6.07, 6.45) is 0. The second-order valence-electron chi connectivity index (χ2n) is 4.16. The molecule has 0 aliphatic carbocycles. The molecule has 1 heterocycles. The summed E-state index contributed by atoms with van der Waals surface area (Å²) in [7, 11) is 0. The number of halogens is 1. The van der Waals surface area contributed by atoms with Crippen molar-refractivity contribution in [2.45, 2.75) is 26.4 Å². The van der Waals surface area contributed by atoms with E-state index in [-0.39, 0.29) is 0 Å². The Morgan fingerprint density at radius 3 is 2.53 bits per heavy atom. The van der Waals surface area contributed by atoms with Gasteiger partial charge in [-0.05, 0) is 19.4 Å². The molecule has 2 nitrogen and oxygen atoms in total. The maximum absolute atomic E-state index is 5.88. The van der Waals surface area contributed by atoms with Crippen LogP contribution in [0.5, 0.6) is 0 Å². The number of aromatic nitrogens is 1. The quantitative estimate of drug-likeness (QED) is 0.824. The standard InChI is InChI=1S/C13H15ClN2S/c1-10(2)16(13-15-12(14)9-17-13)8-11-6-4-3-5-7-11/h3-7,9-10H,8H2,1-2H3. The van der Waals surface area contributed by atoms with Crippen molar-refractivity contribution in [3.63, 3.8) is 0 Å². The third-order valence-electron chi connectivity index (χ3n) is 2.53. The number of benzene rings is 1. The van der Waals surface area contributed by atoms with Crippen LogP contribution in [0.4, 0.5) is 5.13 Å². The zero-order chi connectivity index (χ0) is 12.3. The van der Waals surface area contributed by atoms with Crippen LogP contribution in [0.3, 0.4) is 0 Å². The van der Waals surface area contributed by atoms with Gasteiger partial charge in [-0.1, -0.05) is 41.9 Å². The lowest BCUT2D eigenvalue weighted by molar-refractivity contribution is 0.680. The van der Waals surface area contributed by atoms with Gasteiger partial charge >= 0.3 is 0 Å². The number of hydrogen-bond acceptors (Lipinski definition) is 3. The molecule has 2 rings (SSSR count). The molecule has 1 aromatic carbocycles. The fraction of sp³-hybridized carbons (Fsp3) is 0.308. The van der Waals surface area contributed by atoms with E-state index >= 15 is 0 Å². The second-order valence-corrected chi connectivity index (χ2v) is 5.38. The van der Waals surface area contributed by atoms with Crippen molar-refractivity contribution in [1.82, 2.24) is 4.98 Å². The predicted molar refractivity (Wildman–Crippen MR) is 74.9 cm³/mol. The van der Waals surface area contributed by atoms with E-state index in [4.69, 9.17) is 11.6 Å². The second kappa shape index (κ2) is 5.52. The van der Waals surface area contributed by atoms with Crippen LogP contribution < -0.4 is 4.90 Å². The maximum Gasteiger partial charge on any atom is 0.187 e. The van der Waals surface area contributed by atoms with Gasteiger partial charge in [-0.3, -0.25) is 0 Å². The Morgan fingerprint density at radius 2 is 2.00 bits per heavy atom. The summed E-state index contributed by atoms with van der Waals surface area (Å²) in [4.78, 5) is 6.59. The highest BCUT2D eigenvalue weighted by Crippen LogP contribution is 2.26. The van der Waals surface area contributed by atoms with Gasteiger partial charge in [0.15, 0.2) is 5.13 Å². The zero-order valence-corrected chi connectivity index (χ0v) is 11.5. The lowest BCUT2D eigenvalue weighted by atomic mass is 10.2. The van der Waals surface area contributed by atoms with Crippen molar-refractivity contribution in [1.29, 1.82) is 0 Å². The number of hydrogen-bond donors (Lipinski definition) is 0. The molecule has 0 radical (unpaired) electrons. The van der Waals surface area contributed by atoms with Crippen molar-refractivity contribution in [2.24, 2.45) is 0 Å². The summed E-state index contributed by atoms with van der Waals surface area (Å²) >= 11 is 7.47. The average molecular weight is 267 g/mol. The SMILES string of the molecule is CC(C)N(Cc1ccccc1)c1nc(Cl)cs1.